The van der Waals surface area contributed by atoms with Crippen molar-refractivity contribution in [3.05, 3.63) is 48.0 Å². The molecule has 10 heteroatoms. The fourth-order valence-electron chi connectivity index (χ4n) is 5.16. The number of aldehydes is 1. The zero-order valence-corrected chi connectivity index (χ0v) is 20.5. The summed E-state index contributed by atoms with van der Waals surface area (Å²) in [6.45, 7) is 8.26. The van der Waals surface area contributed by atoms with E-state index in [0.717, 1.165) is 12.5 Å². The van der Waals surface area contributed by atoms with Crippen LogP contribution in [-0.4, -0.2) is 74.6 Å². The lowest BCUT2D eigenvalue weighted by molar-refractivity contribution is -0.364. The van der Waals surface area contributed by atoms with Gasteiger partial charge >= 0.3 is 11.9 Å². The van der Waals surface area contributed by atoms with Crippen LogP contribution in [0.25, 0.3) is 0 Å². The quantitative estimate of drug-likeness (QED) is 0.228. The molecule has 0 spiro atoms. The predicted molar refractivity (Wildman–Crippen MR) is 125 cm³/mol. The van der Waals surface area contributed by atoms with Gasteiger partial charge < -0.3 is 29.5 Å². The Morgan fingerprint density at radius 1 is 1.25 bits per heavy atom. The third-order valence-corrected chi connectivity index (χ3v) is 6.99. The first-order chi connectivity index (χ1) is 16.8. The molecule has 0 radical (unpaired) electrons. The van der Waals surface area contributed by atoms with Gasteiger partial charge in [-0.25, -0.2) is 4.79 Å². The highest BCUT2D eigenvalue weighted by molar-refractivity contribution is 5.96. The number of hydrogen-bond acceptors (Lipinski definition) is 9. The molecule has 2 bridgehead atoms. The first-order valence-corrected chi connectivity index (χ1v) is 11.7. The lowest BCUT2D eigenvalue weighted by atomic mass is 9.76. The molecule has 2 aliphatic rings. The fraction of sp³-hybridized carbons (Fsp3) is 0.538. The maximum absolute atomic E-state index is 12.3. The molecule has 1 aromatic rings. The number of fused-ring (bicyclic) bond motifs is 2. The summed E-state index contributed by atoms with van der Waals surface area (Å²) in [4.78, 5) is 48.1. The second-order valence-corrected chi connectivity index (χ2v) is 9.68. The minimum Gasteiger partial charge on any atom is -0.479 e. The van der Waals surface area contributed by atoms with Crippen molar-refractivity contribution in [3.8, 4) is 0 Å². The average Bonchev–Trinajstić information content (AvgIpc) is 3.08. The van der Waals surface area contributed by atoms with Crippen LogP contribution in [0.4, 0.5) is 0 Å². The van der Waals surface area contributed by atoms with E-state index in [9.17, 15) is 34.5 Å². The molecule has 3 rings (SSSR count). The first-order valence-electron chi connectivity index (χ1n) is 11.7. The number of carboxylic acid groups (broad SMARTS) is 1. The Kier molecular flexibility index (Phi) is 7.85. The van der Waals surface area contributed by atoms with E-state index in [1.807, 2.05) is 37.3 Å². The van der Waals surface area contributed by atoms with Gasteiger partial charge in [-0.1, -0.05) is 43.8 Å². The van der Waals surface area contributed by atoms with Crippen molar-refractivity contribution in [1.29, 1.82) is 0 Å². The summed E-state index contributed by atoms with van der Waals surface area (Å²) >= 11 is 0. The number of carbonyl (C=O) groups is 4. The molecule has 3 N–H and O–H groups in total. The minimum atomic E-state index is -3.02. The molecule has 2 heterocycles. The average molecular weight is 505 g/mol. The van der Waals surface area contributed by atoms with E-state index < -0.39 is 59.4 Å². The summed E-state index contributed by atoms with van der Waals surface area (Å²) in [5.41, 5.74) is -3.91. The molecule has 10 nitrogen and oxygen atoms in total. The monoisotopic (exact) mass is 504 g/mol. The summed E-state index contributed by atoms with van der Waals surface area (Å²) in [6, 6.07) is 9.60. The minimum absolute atomic E-state index is 0.0825. The van der Waals surface area contributed by atoms with E-state index in [0.29, 0.717) is 12.0 Å². The summed E-state index contributed by atoms with van der Waals surface area (Å²) in [7, 11) is 0. The number of esters is 1. The molecule has 7 atom stereocenters. The van der Waals surface area contributed by atoms with Crippen molar-refractivity contribution < 1.29 is 48.7 Å². The normalized spacial score (nSPS) is 32.8. The maximum Gasteiger partial charge on any atom is 0.342 e. The lowest BCUT2D eigenvalue weighted by Crippen LogP contribution is -2.73. The molecule has 36 heavy (non-hydrogen) atoms. The number of ether oxygens (including phenoxy) is 3. The van der Waals surface area contributed by atoms with E-state index in [-0.39, 0.29) is 25.0 Å². The molecule has 0 aliphatic carbocycles. The Balaban J connectivity index is 1.84. The van der Waals surface area contributed by atoms with Gasteiger partial charge in [0.25, 0.3) is 0 Å². The second-order valence-electron chi connectivity index (χ2n) is 9.68. The van der Waals surface area contributed by atoms with Crippen molar-refractivity contribution in [1.82, 2.24) is 0 Å². The van der Waals surface area contributed by atoms with Crippen molar-refractivity contribution in [2.24, 2.45) is 5.92 Å². The number of rotatable bonds is 11. The van der Waals surface area contributed by atoms with Crippen LogP contribution in [0.3, 0.4) is 0 Å². The van der Waals surface area contributed by atoms with E-state index in [4.69, 9.17) is 14.2 Å². The van der Waals surface area contributed by atoms with Gasteiger partial charge in [0.05, 0.1) is 0 Å². The number of Topliss-reactive ketones (excluding diaryl/α,β-unsaturated/α-hetero) is 1. The highest BCUT2D eigenvalue weighted by atomic mass is 16.8. The molecule has 0 saturated carbocycles. The van der Waals surface area contributed by atoms with Crippen LogP contribution < -0.4 is 0 Å². The molecule has 1 aromatic carbocycles. The van der Waals surface area contributed by atoms with Crippen LogP contribution in [0.5, 0.6) is 0 Å². The van der Waals surface area contributed by atoms with E-state index in [1.54, 1.807) is 0 Å². The van der Waals surface area contributed by atoms with Gasteiger partial charge in [-0.05, 0) is 30.9 Å². The Labute approximate surface area is 208 Å². The zero-order valence-electron chi connectivity index (χ0n) is 20.5. The number of aliphatic hydroxyl groups excluding tert-OH is 1. The van der Waals surface area contributed by atoms with Gasteiger partial charge in [-0.3, -0.25) is 14.4 Å². The molecule has 196 valence electrons. The zero-order chi connectivity index (χ0) is 26.9. The Hall–Kier alpha value is -2.92. The fourth-order valence-corrected chi connectivity index (χ4v) is 5.16. The largest absolute Gasteiger partial charge is 0.479 e. The smallest absolute Gasteiger partial charge is 0.342 e. The van der Waals surface area contributed by atoms with E-state index in [1.165, 1.54) is 6.92 Å². The van der Waals surface area contributed by atoms with Crippen LogP contribution in [0.1, 0.15) is 45.6 Å². The second kappa shape index (κ2) is 10.2. The molecular weight excluding hydrogens is 472 g/mol. The van der Waals surface area contributed by atoms with Crippen molar-refractivity contribution in [2.75, 3.05) is 0 Å². The van der Waals surface area contributed by atoms with Crippen molar-refractivity contribution in [2.45, 2.75) is 81.8 Å². The van der Waals surface area contributed by atoms with Crippen LogP contribution in [0, 0.1) is 5.92 Å². The van der Waals surface area contributed by atoms with Gasteiger partial charge in [0, 0.05) is 25.7 Å². The summed E-state index contributed by atoms with van der Waals surface area (Å²) < 4.78 is 16.9. The Bertz CT molecular complexity index is 1040. The number of hydrogen-bond donors (Lipinski definition) is 3. The number of aliphatic carboxylic acids is 1. The van der Waals surface area contributed by atoms with Gasteiger partial charge in [-0.2, -0.15) is 0 Å². The topological polar surface area (TPSA) is 157 Å². The number of aliphatic hydroxyl groups is 2. The van der Waals surface area contributed by atoms with E-state index >= 15 is 0 Å². The predicted octanol–water partition coefficient (Wildman–Crippen LogP) is 1.35. The highest BCUT2D eigenvalue weighted by Gasteiger charge is 2.76. The SMILES string of the molecule is C=C(CCC12OC(C(C)=O)C(O)(C(=O)O)C(C=O)(C[C@H]1O)O2)[C@@H](OC(C)=O)[C@H](C)Cc1ccccc1. The molecule has 2 fully saturated rings. The van der Waals surface area contributed by atoms with Gasteiger partial charge in [0.1, 0.15) is 12.2 Å². The van der Waals surface area contributed by atoms with Crippen LogP contribution >= 0.6 is 0 Å². The summed E-state index contributed by atoms with van der Waals surface area (Å²) in [6.07, 6.45) is -4.14. The molecule has 2 saturated heterocycles. The molecule has 4 unspecified atom stereocenters. The van der Waals surface area contributed by atoms with Gasteiger partial charge in [-0.15, -0.1) is 0 Å². The van der Waals surface area contributed by atoms with E-state index in [2.05, 4.69) is 6.58 Å². The Morgan fingerprint density at radius 2 is 1.89 bits per heavy atom. The third kappa shape index (κ3) is 4.73. The highest BCUT2D eigenvalue weighted by Crippen LogP contribution is 2.53. The lowest BCUT2D eigenvalue weighted by Gasteiger charge is -2.49. The Morgan fingerprint density at radius 3 is 2.42 bits per heavy atom. The number of carbonyl (C=O) groups excluding carboxylic acids is 3. The summed E-state index contributed by atoms with van der Waals surface area (Å²) in [5, 5.41) is 31.5. The third-order valence-electron chi connectivity index (χ3n) is 6.99. The first kappa shape index (κ1) is 27.7. The van der Waals surface area contributed by atoms with Crippen LogP contribution in [-0.2, 0) is 39.8 Å². The summed E-state index contributed by atoms with van der Waals surface area (Å²) in [5.74, 6) is -5.36. The molecular formula is C26H32O10. The molecule has 0 amide bonds. The number of ketones is 1. The maximum atomic E-state index is 12.3. The van der Waals surface area contributed by atoms with Gasteiger partial charge in [0.15, 0.2) is 29.6 Å². The number of benzene rings is 1. The van der Waals surface area contributed by atoms with Crippen molar-refractivity contribution in [3.63, 3.8) is 0 Å². The number of carboxylic acids is 1. The molecule has 0 aromatic heterocycles. The van der Waals surface area contributed by atoms with Crippen LogP contribution in [0.2, 0.25) is 0 Å². The van der Waals surface area contributed by atoms with Crippen LogP contribution in [0.15, 0.2) is 42.5 Å². The molecule has 2 aliphatic heterocycles. The van der Waals surface area contributed by atoms with Crippen molar-refractivity contribution >= 4 is 24.0 Å². The standard InChI is InChI=1S/C26H32O10/c1-15(21(34-18(4)29)16(2)12-19-8-6-5-7-9-19)10-11-25-20(30)13-24(14-27,36-25)26(33,23(31)32)22(35-25)17(3)28/h5-9,14,16,20-22,30,33H,1,10-13H2,2-4H3,(H,31,32)/t16-,20-,21-,22?,24?,25?,26?/m1/s1. The van der Waals surface area contributed by atoms with Gasteiger partial charge in [0.2, 0.25) is 5.60 Å².